The molecular formula is C21H17BrFNO4S. The van der Waals surface area contributed by atoms with Gasteiger partial charge in [-0.1, -0.05) is 18.2 Å². The zero-order valence-electron chi connectivity index (χ0n) is 15.4. The minimum absolute atomic E-state index is 0.255. The van der Waals surface area contributed by atoms with Gasteiger partial charge in [-0.2, -0.15) is 0 Å². The summed E-state index contributed by atoms with van der Waals surface area (Å²) in [7, 11) is 1.49. The molecule has 29 heavy (non-hydrogen) atoms. The molecule has 8 heteroatoms. The van der Waals surface area contributed by atoms with Crippen molar-refractivity contribution in [2.45, 2.75) is 6.04 Å². The van der Waals surface area contributed by atoms with Gasteiger partial charge in [-0.15, -0.1) is 11.3 Å². The second-order valence-corrected chi connectivity index (χ2v) is 7.82. The van der Waals surface area contributed by atoms with Crippen molar-refractivity contribution in [3.05, 3.63) is 86.3 Å². The molecule has 3 rings (SSSR count). The maximum atomic E-state index is 13.3. The highest BCUT2D eigenvalue weighted by Crippen LogP contribution is 2.26. The van der Waals surface area contributed by atoms with Gasteiger partial charge in [0.1, 0.15) is 11.6 Å². The van der Waals surface area contributed by atoms with Crippen LogP contribution in [0.4, 0.5) is 4.39 Å². The van der Waals surface area contributed by atoms with E-state index in [1.54, 1.807) is 24.3 Å². The molecule has 0 bridgehead atoms. The number of rotatable bonds is 7. The van der Waals surface area contributed by atoms with Gasteiger partial charge < -0.3 is 14.8 Å². The predicted molar refractivity (Wildman–Crippen MR) is 112 cm³/mol. The molecule has 1 unspecified atom stereocenters. The zero-order chi connectivity index (χ0) is 20.8. The molecule has 2 aromatic carbocycles. The summed E-state index contributed by atoms with van der Waals surface area (Å²) in [4.78, 5) is 25.7. The molecule has 1 heterocycles. The Hall–Kier alpha value is -2.71. The Balaban J connectivity index is 1.68. The van der Waals surface area contributed by atoms with E-state index in [2.05, 4.69) is 21.2 Å². The number of carbonyl (C=O) groups is 2. The molecule has 5 nitrogen and oxygen atoms in total. The fourth-order valence-corrected chi connectivity index (χ4v) is 3.84. The van der Waals surface area contributed by atoms with E-state index in [4.69, 9.17) is 9.47 Å². The van der Waals surface area contributed by atoms with Crippen molar-refractivity contribution >= 4 is 39.1 Å². The minimum Gasteiger partial charge on any atom is -0.497 e. The number of methoxy groups -OCH3 is 1. The van der Waals surface area contributed by atoms with Gasteiger partial charge in [0.05, 0.1) is 18.7 Å². The molecular weight excluding hydrogens is 461 g/mol. The summed E-state index contributed by atoms with van der Waals surface area (Å²) in [5.74, 6) is -0.984. The molecule has 0 aliphatic carbocycles. The van der Waals surface area contributed by atoms with Crippen molar-refractivity contribution < 1.29 is 23.5 Å². The average Bonchev–Trinajstić information content (AvgIpc) is 3.26. The van der Waals surface area contributed by atoms with Crippen molar-refractivity contribution in [3.8, 4) is 5.75 Å². The van der Waals surface area contributed by atoms with Crippen LogP contribution in [0.3, 0.4) is 0 Å². The molecule has 1 aromatic heterocycles. The first-order valence-corrected chi connectivity index (χ1v) is 10.2. The van der Waals surface area contributed by atoms with Crippen molar-refractivity contribution in [1.82, 2.24) is 5.32 Å². The Morgan fingerprint density at radius 3 is 2.59 bits per heavy atom. The number of halogens is 2. The fraction of sp³-hybridized carbons (Fsp3) is 0.143. The lowest BCUT2D eigenvalue weighted by Crippen LogP contribution is -2.32. The summed E-state index contributed by atoms with van der Waals surface area (Å²) >= 11 is 4.75. The fourth-order valence-electron chi connectivity index (χ4n) is 2.63. The summed E-state index contributed by atoms with van der Waals surface area (Å²) < 4.78 is 24.0. The smallest absolute Gasteiger partial charge is 0.339 e. The van der Waals surface area contributed by atoms with E-state index in [1.807, 2.05) is 17.5 Å². The minimum atomic E-state index is -0.652. The summed E-state index contributed by atoms with van der Waals surface area (Å²) in [6.07, 6.45) is 0. The molecule has 1 atom stereocenters. The quantitative estimate of drug-likeness (QED) is 0.500. The molecule has 150 valence electrons. The maximum absolute atomic E-state index is 13.3. The Bertz CT molecular complexity index is 992. The number of amides is 1. The number of ether oxygens (including phenoxy) is 2. The zero-order valence-corrected chi connectivity index (χ0v) is 17.8. The van der Waals surface area contributed by atoms with Crippen LogP contribution in [0.15, 0.2) is 64.5 Å². The summed E-state index contributed by atoms with van der Waals surface area (Å²) in [6.45, 7) is -0.453. The summed E-state index contributed by atoms with van der Waals surface area (Å²) in [5.41, 5.74) is 0.981. The highest BCUT2D eigenvalue weighted by Gasteiger charge is 2.20. The first-order chi connectivity index (χ1) is 14.0. The van der Waals surface area contributed by atoms with Crippen LogP contribution in [0.5, 0.6) is 5.75 Å². The maximum Gasteiger partial charge on any atom is 0.339 e. The number of nitrogens with one attached hydrogen (secondary N) is 1. The third kappa shape index (κ3) is 5.42. The molecule has 1 N–H and O–H groups in total. The molecule has 0 fully saturated rings. The molecule has 0 saturated heterocycles. The normalized spacial score (nSPS) is 11.6. The number of esters is 1. The van der Waals surface area contributed by atoms with Crippen molar-refractivity contribution in [2.75, 3.05) is 13.7 Å². The van der Waals surface area contributed by atoms with E-state index >= 15 is 0 Å². The van der Waals surface area contributed by atoms with Crippen LogP contribution in [-0.4, -0.2) is 25.6 Å². The number of hydrogen-bond donors (Lipinski definition) is 1. The lowest BCUT2D eigenvalue weighted by atomic mass is 10.1. The Labute approximate surface area is 179 Å². The van der Waals surface area contributed by atoms with Crippen LogP contribution in [0, 0.1) is 5.82 Å². The Morgan fingerprint density at radius 2 is 1.93 bits per heavy atom. The Morgan fingerprint density at radius 1 is 1.17 bits per heavy atom. The number of hydrogen-bond acceptors (Lipinski definition) is 5. The monoisotopic (exact) mass is 477 g/mol. The van der Waals surface area contributed by atoms with E-state index in [9.17, 15) is 14.0 Å². The van der Waals surface area contributed by atoms with E-state index in [0.717, 1.165) is 10.4 Å². The lowest BCUT2D eigenvalue weighted by Gasteiger charge is -2.18. The van der Waals surface area contributed by atoms with Gasteiger partial charge in [0.25, 0.3) is 5.91 Å². The number of benzene rings is 2. The van der Waals surface area contributed by atoms with Crippen LogP contribution in [0.25, 0.3) is 0 Å². The SMILES string of the molecule is COc1ccc(Br)c(C(=O)OCC(=O)NC(c2ccc(F)cc2)c2cccs2)c1. The van der Waals surface area contributed by atoms with Crippen LogP contribution in [-0.2, 0) is 9.53 Å². The van der Waals surface area contributed by atoms with Gasteiger partial charge in [-0.3, -0.25) is 4.79 Å². The second-order valence-electron chi connectivity index (χ2n) is 5.99. The third-order valence-corrected chi connectivity index (χ3v) is 5.69. The molecule has 0 aliphatic rings. The van der Waals surface area contributed by atoms with Gasteiger partial charge in [0, 0.05) is 9.35 Å². The van der Waals surface area contributed by atoms with Gasteiger partial charge in [-0.25, -0.2) is 9.18 Å². The molecule has 0 radical (unpaired) electrons. The largest absolute Gasteiger partial charge is 0.497 e. The van der Waals surface area contributed by atoms with Gasteiger partial charge in [0.2, 0.25) is 0 Å². The van der Waals surface area contributed by atoms with Crippen molar-refractivity contribution in [2.24, 2.45) is 0 Å². The number of thiophene rings is 1. The molecule has 0 aliphatic heterocycles. The number of carbonyl (C=O) groups excluding carboxylic acids is 2. The van der Waals surface area contributed by atoms with Gasteiger partial charge in [0.15, 0.2) is 6.61 Å². The van der Waals surface area contributed by atoms with Crippen LogP contribution in [0.1, 0.15) is 26.8 Å². The van der Waals surface area contributed by atoms with E-state index in [0.29, 0.717) is 10.2 Å². The van der Waals surface area contributed by atoms with E-state index < -0.39 is 24.5 Å². The molecule has 0 saturated carbocycles. The topological polar surface area (TPSA) is 64.6 Å². The summed E-state index contributed by atoms with van der Waals surface area (Å²) in [5, 5.41) is 4.72. The van der Waals surface area contributed by atoms with Gasteiger partial charge in [-0.05, 0) is 63.3 Å². The highest BCUT2D eigenvalue weighted by atomic mass is 79.9. The molecule has 3 aromatic rings. The first kappa shape index (κ1) is 21.0. The van der Waals surface area contributed by atoms with E-state index in [-0.39, 0.29) is 11.4 Å². The third-order valence-electron chi connectivity index (χ3n) is 4.06. The van der Waals surface area contributed by atoms with E-state index in [1.165, 1.54) is 36.6 Å². The van der Waals surface area contributed by atoms with Crippen molar-refractivity contribution in [3.63, 3.8) is 0 Å². The van der Waals surface area contributed by atoms with Crippen molar-refractivity contribution in [1.29, 1.82) is 0 Å². The first-order valence-electron chi connectivity index (χ1n) is 8.57. The molecule has 1 amide bonds. The lowest BCUT2D eigenvalue weighted by molar-refractivity contribution is -0.124. The predicted octanol–water partition coefficient (Wildman–Crippen LogP) is 4.72. The van der Waals surface area contributed by atoms with Crippen LogP contribution >= 0.6 is 27.3 Å². The van der Waals surface area contributed by atoms with Crippen LogP contribution < -0.4 is 10.1 Å². The standard InChI is InChI=1S/C21H17BrFNO4S/c1-27-15-8-9-17(22)16(11-15)21(26)28-12-19(25)24-20(18-3-2-10-29-18)13-4-6-14(23)7-5-13/h2-11,20H,12H2,1H3,(H,24,25). The summed E-state index contributed by atoms with van der Waals surface area (Å²) in [6, 6.07) is 14.0. The van der Waals surface area contributed by atoms with Crippen LogP contribution in [0.2, 0.25) is 0 Å². The second kappa shape index (κ2) is 9.67. The Kier molecular flexibility index (Phi) is 7.00. The molecule has 0 spiro atoms. The average molecular weight is 478 g/mol. The van der Waals surface area contributed by atoms with Gasteiger partial charge >= 0.3 is 5.97 Å². The highest BCUT2D eigenvalue weighted by molar-refractivity contribution is 9.10.